The van der Waals surface area contributed by atoms with Crippen LogP contribution in [0.1, 0.15) is 25.0 Å². The van der Waals surface area contributed by atoms with Gasteiger partial charge < -0.3 is 20.3 Å². The fourth-order valence-corrected chi connectivity index (χ4v) is 3.79. The molecule has 0 aliphatic carbocycles. The average Bonchev–Trinajstić information content (AvgIpc) is 2.88. The van der Waals surface area contributed by atoms with Crippen LogP contribution >= 0.6 is 0 Å². The molecule has 2 atom stereocenters. The molecule has 0 unspecified atom stereocenters. The zero-order valence-corrected chi connectivity index (χ0v) is 21.9. The summed E-state index contributed by atoms with van der Waals surface area (Å²) in [7, 11) is -0.482. The topological polar surface area (TPSA) is 126 Å². The molecule has 39 heavy (non-hydrogen) atoms. The van der Waals surface area contributed by atoms with Crippen molar-refractivity contribution in [1.82, 2.24) is 10.6 Å². The molecule has 0 radical (unpaired) electrons. The Morgan fingerprint density at radius 1 is 1.08 bits per heavy atom. The molecule has 0 aliphatic rings. The van der Waals surface area contributed by atoms with Gasteiger partial charge in [0, 0.05) is 12.7 Å². The number of allylic oxidation sites excluding steroid dienone is 1. The first kappa shape index (κ1) is 31.6. The summed E-state index contributed by atoms with van der Waals surface area (Å²) in [5.74, 6) is -2.60. The second-order valence-corrected chi connectivity index (χ2v) is 9.44. The number of hydrogen-bond acceptors (Lipinski definition) is 6. The minimum atomic E-state index is -4.59. The van der Waals surface area contributed by atoms with Gasteiger partial charge >= 0.3 is 13.3 Å². The molecule has 0 aliphatic heterocycles. The summed E-state index contributed by atoms with van der Waals surface area (Å²) in [6.07, 6.45) is -3.21. The van der Waals surface area contributed by atoms with Crippen LogP contribution in [0.2, 0.25) is 0 Å². The molecule has 2 aromatic carbocycles. The number of nitriles is 1. The molecular weight excluding hydrogens is 512 g/mol. The smallest absolute Gasteiger partial charge is 0.426 e. The maximum Gasteiger partial charge on any atom is 0.475 e. The third kappa shape index (κ3) is 10.6. The van der Waals surface area contributed by atoms with E-state index in [1.54, 1.807) is 54.6 Å². The first-order chi connectivity index (χ1) is 18.3. The lowest BCUT2D eigenvalue weighted by atomic mass is 9.75. The number of rotatable bonds is 12. The lowest BCUT2D eigenvalue weighted by molar-refractivity contribution is -0.132. The molecule has 0 bridgehead atoms. The van der Waals surface area contributed by atoms with Crippen molar-refractivity contribution in [2.24, 2.45) is 5.92 Å². The Morgan fingerprint density at radius 2 is 1.72 bits per heavy atom. The highest BCUT2D eigenvalue weighted by Crippen LogP contribution is 2.20. The molecule has 0 fully saturated rings. The highest BCUT2D eigenvalue weighted by atomic mass is 19.4. The molecule has 0 aromatic heterocycles. The number of amides is 2. The normalized spacial score (nSPS) is 13.4. The maximum atomic E-state index is 13.1. The zero-order valence-electron chi connectivity index (χ0n) is 21.9. The van der Waals surface area contributed by atoms with Gasteiger partial charge in [-0.15, -0.1) is 0 Å². The Bertz CT molecular complexity index is 1180. The number of benzene rings is 2. The van der Waals surface area contributed by atoms with E-state index >= 15 is 0 Å². The van der Waals surface area contributed by atoms with Crippen LogP contribution in [0.3, 0.4) is 0 Å². The van der Waals surface area contributed by atoms with Gasteiger partial charge in [-0.25, -0.2) is 0 Å². The van der Waals surface area contributed by atoms with Crippen LogP contribution in [0.15, 0.2) is 66.2 Å². The van der Waals surface area contributed by atoms with Crippen molar-refractivity contribution in [3.8, 4) is 6.07 Å². The molecule has 208 valence electrons. The van der Waals surface area contributed by atoms with Gasteiger partial charge in [0.05, 0.1) is 18.5 Å². The van der Waals surface area contributed by atoms with E-state index in [1.165, 1.54) is 18.0 Å². The van der Waals surface area contributed by atoms with E-state index in [9.17, 15) is 38.1 Å². The number of hydrogen-bond donors (Lipinski definition) is 4. The first-order valence-corrected chi connectivity index (χ1v) is 12.3. The van der Waals surface area contributed by atoms with E-state index in [0.717, 1.165) is 0 Å². The third-order valence-electron chi connectivity index (χ3n) is 5.74. The number of carbonyl (C=O) groups excluding carboxylic acids is 2. The first-order valence-electron chi connectivity index (χ1n) is 12.3. The van der Waals surface area contributed by atoms with Gasteiger partial charge in [-0.05, 0) is 42.0 Å². The number of halogens is 3. The summed E-state index contributed by atoms with van der Waals surface area (Å²) in [5, 5.41) is 33.6. The Kier molecular flexibility index (Phi) is 11.7. The van der Waals surface area contributed by atoms with E-state index in [2.05, 4.69) is 10.6 Å². The summed E-state index contributed by atoms with van der Waals surface area (Å²) in [6.45, 7) is 2.20. The molecule has 4 N–H and O–H groups in total. The second-order valence-electron chi connectivity index (χ2n) is 9.44. The Labute approximate surface area is 226 Å². The molecule has 2 aromatic rings. The van der Waals surface area contributed by atoms with Crippen molar-refractivity contribution in [3.05, 3.63) is 77.4 Å². The number of carbonyl (C=O) groups is 2. The van der Waals surface area contributed by atoms with Crippen molar-refractivity contribution in [2.75, 3.05) is 18.5 Å². The van der Waals surface area contributed by atoms with Crippen molar-refractivity contribution < 1.29 is 32.8 Å². The lowest BCUT2D eigenvalue weighted by Crippen LogP contribution is -2.55. The van der Waals surface area contributed by atoms with Gasteiger partial charge in [-0.3, -0.25) is 14.9 Å². The summed E-state index contributed by atoms with van der Waals surface area (Å²) in [4.78, 5) is 27.1. The molecule has 0 heterocycles. The van der Waals surface area contributed by atoms with Crippen LogP contribution < -0.4 is 15.5 Å². The van der Waals surface area contributed by atoms with Crippen molar-refractivity contribution >= 4 is 24.6 Å². The Balaban J connectivity index is 2.26. The fourth-order valence-electron chi connectivity index (χ4n) is 3.79. The second kappa shape index (κ2) is 14.5. The zero-order chi connectivity index (χ0) is 29.2. The van der Waals surface area contributed by atoms with Crippen LogP contribution in [-0.4, -0.2) is 60.7 Å². The van der Waals surface area contributed by atoms with Gasteiger partial charge in [0.1, 0.15) is 11.6 Å². The highest BCUT2D eigenvalue weighted by molar-refractivity contribution is 6.43. The van der Waals surface area contributed by atoms with Crippen LogP contribution in [0.5, 0.6) is 0 Å². The van der Waals surface area contributed by atoms with Crippen LogP contribution in [0, 0.1) is 17.2 Å². The summed E-state index contributed by atoms with van der Waals surface area (Å²) < 4.78 is 39.0. The quantitative estimate of drug-likeness (QED) is 0.185. The van der Waals surface area contributed by atoms with Gasteiger partial charge in [0.15, 0.2) is 0 Å². The molecule has 0 spiro atoms. The van der Waals surface area contributed by atoms with E-state index in [1.807, 2.05) is 19.9 Å². The minimum Gasteiger partial charge on any atom is -0.426 e. The minimum absolute atomic E-state index is 0.0366. The molecule has 2 rings (SSSR count). The van der Waals surface area contributed by atoms with Crippen molar-refractivity contribution in [1.29, 1.82) is 5.26 Å². The highest BCUT2D eigenvalue weighted by Gasteiger charge is 2.33. The summed E-state index contributed by atoms with van der Waals surface area (Å²) >= 11 is 0. The summed E-state index contributed by atoms with van der Waals surface area (Å²) in [6, 6.07) is 15.5. The Hall–Kier alpha value is -3.66. The Morgan fingerprint density at radius 3 is 2.28 bits per heavy atom. The number of anilines is 1. The van der Waals surface area contributed by atoms with Crippen molar-refractivity contribution in [3.63, 3.8) is 0 Å². The van der Waals surface area contributed by atoms with Gasteiger partial charge in [-0.2, -0.15) is 18.4 Å². The molecule has 12 heteroatoms. The average molecular weight is 544 g/mol. The van der Waals surface area contributed by atoms with E-state index in [-0.39, 0.29) is 24.3 Å². The van der Waals surface area contributed by atoms with Gasteiger partial charge in [0.25, 0.3) is 5.91 Å². The van der Waals surface area contributed by atoms with Gasteiger partial charge in [-0.1, -0.05) is 62.4 Å². The monoisotopic (exact) mass is 544 g/mol. The predicted molar refractivity (Wildman–Crippen MR) is 142 cm³/mol. The molecule has 0 saturated heterocycles. The van der Waals surface area contributed by atoms with Crippen molar-refractivity contribution in [2.45, 2.75) is 44.8 Å². The van der Waals surface area contributed by atoms with Crippen LogP contribution in [-0.2, 0) is 22.4 Å². The summed E-state index contributed by atoms with van der Waals surface area (Å²) in [5.41, 5.74) is 1.47. The largest absolute Gasteiger partial charge is 0.475 e. The molecular formula is C27H32BF3N4O4. The van der Waals surface area contributed by atoms with Crippen LogP contribution in [0.4, 0.5) is 18.9 Å². The number of nitrogens with zero attached hydrogens (tertiary/aromatic N) is 2. The molecule has 8 nitrogen and oxygen atoms in total. The van der Waals surface area contributed by atoms with E-state index in [4.69, 9.17) is 0 Å². The van der Waals surface area contributed by atoms with E-state index in [0.29, 0.717) is 16.8 Å². The third-order valence-corrected chi connectivity index (χ3v) is 5.74. The SMILES string of the molecule is CC(C)C=C(C#N)C(=O)N(C)c1cccc(C[C@H](NCC(F)(F)F)C(=O)N[C@@H](Cc2ccccc2)B(O)O)c1. The lowest BCUT2D eigenvalue weighted by Gasteiger charge is -2.24. The van der Waals surface area contributed by atoms with Crippen LogP contribution in [0.25, 0.3) is 0 Å². The number of likely N-dealkylation sites (N-methyl/N-ethyl adjacent to an activating group) is 1. The predicted octanol–water partition coefficient (Wildman–Crippen LogP) is 2.56. The molecule has 0 saturated carbocycles. The number of nitrogens with one attached hydrogen (secondary N) is 2. The standard InChI is InChI=1S/C27H32BF3N4O4/c1-18(2)12-21(16-32)26(37)35(3)22-11-7-10-20(13-22)14-23(33-17-27(29,30)31)25(36)34-24(28(38)39)15-19-8-5-4-6-9-19/h4-13,18,23-24,33,38-39H,14-15,17H2,1-3H3,(H,34,36)/t23-,24-/m0/s1. The molecule has 2 amide bonds. The number of alkyl halides is 3. The maximum absolute atomic E-state index is 13.1. The van der Waals surface area contributed by atoms with Gasteiger partial charge in [0.2, 0.25) is 5.91 Å². The fraction of sp³-hybridized carbons (Fsp3) is 0.370. The van der Waals surface area contributed by atoms with E-state index < -0.39 is 43.6 Å².